The largest absolute Gasteiger partial charge is 0.489 e. The SMILES string of the molecule is OC(COc1ccc(Cl)cc1Cl)Cn1c(NCCc2ccccc2)nc2ccccc21. The quantitative estimate of drug-likeness (QED) is 0.352. The molecule has 31 heavy (non-hydrogen) atoms. The highest BCUT2D eigenvalue weighted by Gasteiger charge is 2.15. The molecule has 0 bridgehead atoms. The summed E-state index contributed by atoms with van der Waals surface area (Å²) in [5, 5.41) is 15.0. The molecule has 4 aromatic rings. The van der Waals surface area contributed by atoms with E-state index < -0.39 is 6.10 Å². The maximum atomic E-state index is 10.6. The lowest BCUT2D eigenvalue weighted by atomic mass is 10.1. The van der Waals surface area contributed by atoms with Gasteiger partial charge in [-0.05, 0) is 42.3 Å². The van der Waals surface area contributed by atoms with Gasteiger partial charge in [-0.2, -0.15) is 0 Å². The molecule has 160 valence electrons. The van der Waals surface area contributed by atoms with Gasteiger partial charge in [-0.3, -0.25) is 0 Å². The van der Waals surface area contributed by atoms with Gasteiger partial charge in [0.15, 0.2) is 0 Å². The number of aliphatic hydroxyl groups excluding tert-OH is 1. The van der Waals surface area contributed by atoms with Gasteiger partial charge >= 0.3 is 0 Å². The van der Waals surface area contributed by atoms with Crippen molar-refractivity contribution in [2.75, 3.05) is 18.5 Å². The number of benzene rings is 3. The molecule has 2 N–H and O–H groups in total. The van der Waals surface area contributed by atoms with Crippen molar-refractivity contribution in [3.05, 3.63) is 88.4 Å². The molecule has 0 radical (unpaired) electrons. The number of fused-ring (bicyclic) bond motifs is 1. The predicted molar refractivity (Wildman–Crippen MR) is 126 cm³/mol. The van der Waals surface area contributed by atoms with E-state index in [1.54, 1.807) is 18.2 Å². The van der Waals surface area contributed by atoms with Crippen molar-refractivity contribution in [2.45, 2.75) is 19.1 Å². The van der Waals surface area contributed by atoms with E-state index >= 15 is 0 Å². The molecule has 0 amide bonds. The number of nitrogens with zero attached hydrogens (tertiary/aromatic N) is 2. The van der Waals surface area contributed by atoms with Crippen LogP contribution in [0.1, 0.15) is 5.56 Å². The number of aromatic nitrogens is 2. The second kappa shape index (κ2) is 10.1. The van der Waals surface area contributed by atoms with E-state index in [-0.39, 0.29) is 6.61 Å². The average molecular weight is 456 g/mol. The molecule has 0 saturated heterocycles. The van der Waals surface area contributed by atoms with Crippen LogP contribution in [0.5, 0.6) is 5.75 Å². The van der Waals surface area contributed by atoms with Crippen LogP contribution in [-0.2, 0) is 13.0 Å². The Bertz CT molecular complexity index is 1150. The van der Waals surface area contributed by atoms with E-state index in [4.69, 9.17) is 32.9 Å². The minimum absolute atomic E-state index is 0.0946. The second-order valence-corrected chi connectivity index (χ2v) is 8.08. The van der Waals surface area contributed by atoms with Gasteiger partial charge in [0.05, 0.1) is 22.6 Å². The fourth-order valence-electron chi connectivity index (χ4n) is 3.40. The highest BCUT2D eigenvalue weighted by molar-refractivity contribution is 6.35. The van der Waals surface area contributed by atoms with Crippen LogP contribution >= 0.6 is 23.2 Å². The van der Waals surface area contributed by atoms with Crippen molar-refractivity contribution >= 4 is 40.2 Å². The molecule has 0 saturated carbocycles. The van der Waals surface area contributed by atoms with Crippen LogP contribution in [0.25, 0.3) is 11.0 Å². The standard InChI is InChI=1S/C24H23Cl2N3O2/c25-18-10-11-23(20(26)14-18)31-16-19(30)15-29-22-9-5-4-8-21(22)28-24(29)27-13-12-17-6-2-1-3-7-17/h1-11,14,19,30H,12-13,15-16H2,(H,27,28). The Hall–Kier alpha value is -2.73. The van der Waals surface area contributed by atoms with E-state index in [2.05, 4.69) is 17.4 Å². The lowest BCUT2D eigenvalue weighted by Gasteiger charge is -2.17. The molecule has 1 atom stereocenters. The fourth-order valence-corrected chi connectivity index (χ4v) is 3.86. The Morgan fingerprint density at radius 3 is 2.58 bits per heavy atom. The smallest absolute Gasteiger partial charge is 0.203 e. The number of imidazole rings is 1. The lowest BCUT2D eigenvalue weighted by Crippen LogP contribution is -2.25. The van der Waals surface area contributed by atoms with Crippen LogP contribution in [0.4, 0.5) is 5.95 Å². The summed E-state index contributed by atoms with van der Waals surface area (Å²) in [6.45, 7) is 1.16. The Kier molecular flexibility index (Phi) is 6.97. The van der Waals surface area contributed by atoms with Crippen LogP contribution in [0, 0.1) is 0 Å². The molecule has 3 aromatic carbocycles. The molecular weight excluding hydrogens is 433 g/mol. The van der Waals surface area contributed by atoms with Crippen LogP contribution < -0.4 is 10.1 Å². The molecule has 5 nitrogen and oxygen atoms in total. The van der Waals surface area contributed by atoms with Gasteiger partial charge < -0.3 is 19.7 Å². The van der Waals surface area contributed by atoms with Gasteiger partial charge in [-0.15, -0.1) is 0 Å². The van der Waals surface area contributed by atoms with Crippen molar-refractivity contribution in [1.29, 1.82) is 0 Å². The number of nitrogens with one attached hydrogen (secondary N) is 1. The first-order valence-corrected chi connectivity index (χ1v) is 10.8. The molecular formula is C24H23Cl2N3O2. The maximum Gasteiger partial charge on any atom is 0.203 e. The molecule has 0 aliphatic rings. The third-order valence-electron chi connectivity index (χ3n) is 4.91. The van der Waals surface area contributed by atoms with Crippen LogP contribution in [-0.4, -0.2) is 33.9 Å². The summed E-state index contributed by atoms with van der Waals surface area (Å²) in [5.74, 6) is 1.21. The van der Waals surface area contributed by atoms with Gasteiger partial charge in [-0.25, -0.2) is 4.98 Å². The van der Waals surface area contributed by atoms with E-state index in [1.165, 1.54) is 5.56 Å². The Balaban J connectivity index is 1.44. The van der Waals surface area contributed by atoms with Gasteiger partial charge in [0.1, 0.15) is 18.5 Å². The zero-order valence-corrected chi connectivity index (χ0v) is 18.4. The van der Waals surface area contributed by atoms with Crippen molar-refractivity contribution in [3.8, 4) is 5.75 Å². The third-order valence-corrected chi connectivity index (χ3v) is 5.44. The summed E-state index contributed by atoms with van der Waals surface area (Å²) in [6.07, 6.45) is 0.129. The second-order valence-electron chi connectivity index (χ2n) is 7.24. The molecule has 0 aliphatic heterocycles. The maximum absolute atomic E-state index is 10.6. The molecule has 1 heterocycles. The Morgan fingerprint density at radius 2 is 1.77 bits per heavy atom. The van der Waals surface area contributed by atoms with Crippen molar-refractivity contribution in [1.82, 2.24) is 9.55 Å². The third kappa shape index (κ3) is 5.50. The summed E-state index contributed by atoms with van der Waals surface area (Å²) >= 11 is 12.1. The first-order chi connectivity index (χ1) is 15.1. The van der Waals surface area contributed by atoms with Gasteiger partial charge in [0.2, 0.25) is 5.95 Å². The predicted octanol–water partition coefficient (Wildman–Crippen LogP) is 5.44. The summed E-state index contributed by atoms with van der Waals surface area (Å²) in [7, 11) is 0. The van der Waals surface area contributed by atoms with E-state index in [0.717, 1.165) is 29.9 Å². The number of para-hydroxylation sites is 2. The fraction of sp³-hybridized carbons (Fsp3) is 0.208. The molecule has 1 aromatic heterocycles. The lowest BCUT2D eigenvalue weighted by molar-refractivity contribution is 0.0939. The van der Waals surface area contributed by atoms with Crippen molar-refractivity contribution in [2.24, 2.45) is 0 Å². The first kappa shape index (κ1) is 21.5. The van der Waals surface area contributed by atoms with E-state index in [9.17, 15) is 5.11 Å². The topological polar surface area (TPSA) is 59.3 Å². The number of anilines is 1. The summed E-state index contributed by atoms with van der Waals surface area (Å²) < 4.78 is 7.68. The first-order valence-electron chi connectivity index (χ1n) is 10.1. The number of rotatable bonds is 9. The van der Waals surface area contributed by atoms with Crippen LogP contribution in [0.2, 0.25) is 10.0 Å². The number of ether oxygens (including phenoxy) is 1. The zero-order chi connectivity index (χ0) is 21.6. The summed E-state index contributed by atoms with van der Waals surface area (Å²) in [6, 6.07) is 23.2. The van der Waals surface area contributed by atoms with Gasteiger partial charge in [0.25, 0.3) is 0 Å². The minimum atomic E-state index is -0.751. The van der Waals surface area contributed by atoms with Gasteiger partial charge in [0, 0.05) is 11.6 Å². The highest BCUT2D eigenvalue weighted by atomic mass is 35.5. The van der Waals surface area contributed by atoms with Crippen LogP contribution in [0.3, 0.4) is 0 Å². The summed E-state index contributed by atoms with van der Waals surface area (Å²) in [4.78, 5) is 4.70. The van der Waals surface area contributed by atoms with E-state index in [1.807, 2.05) is 47.0 Å². The Morgan fingerprint density at radius 1 is 1.00 bits per heavy atom. The highest BCUT2D eigenvalue weighted by Crippen LogP contribution is 2.28. The average Bonchev–Trinajstić information content (AvgIpc) is 3.11. The van der Waals surface area contributed by atoms with Crippen molar-refractivity contribution in [3.63, 3.8) is 0 Å². The van der Waals surface area contributed by atoms with Crippen molar-refractivity contribution < 1.29 is 9.84 Å². The minimum Gasteiger partial charge on any atom is -0.489 e. The molecule has 1 unspecified atom stereocenters. The molecule has 7 heteroatoms. The molecule has 0 aliphatic carbocycles. The number of aliphatic hydroxyl groups is 1. The zero-order valence-electron chi connectivity index (χ0n) is 16.8. The monoisotopic (exact) mass is 455 g/mol. The Labute approximate surface area is 191 Å². The number of halogens is 2. The van der Waals surface area contributed by atoms with E-state index in [0.29, 0.717) is 22.3 Å². The molecule has 0 fully saturated rings. The number of hydrogen-bond donors (Lipinski definition) is 2. The van der Waals surface area contributed by atoms with Crippen LogP contribution in [0.15, 0.2) is 72.8 Å². The summed E-state index contributed by atoms with van der Waals surface area (Å²) in [5.41, 5.74) is 3.08. The number of hydrogen-bond acceptors (Lipinski definition) is 4. The normalized spacial score (nSPS) is 12.1. The molecule has 0 spiro atoms. The van der Waals surface area contributed by atoms with Gasteiger partial charge in [-0.1, -0.05) is 65.7 Å². The molecule has 4 rings (SSSR count).